The molecule has 0 saturated heterocycles. The number of hydrogen-bond acceptors (Lipinski definition) is 1. The third kappa shape index (κ3) is 2.78. The van der Waals surface area contributed by atoms with Crippen molar-refractivity contribution in [2.75, 3.05) is 0 Å². The van der Waals surface area contributed by atoms with Gasteiger partial charge in [-0.25, -0.2) is 0 Å². The van der Waals surface area contributed by atoms with Crippen LogP contribution in [0.1, 0.15) is 34.3 Å². The van der Waals surface area contributed by atoms with E-state index in [2.05, 4.69) is 12.1 Å². The van der Waals surface area contributed by atoms with Gasteiger partial charge in [-0.3, -0.25) is 4.79 Å². The molecule has 0 bridgehead atoms. The van der Waals surface area contributed by atoms with E-state index in [0.717, 1.165) is 41.8 Å². The molecule has 1 unspecified atom stereocenters. The van der Waals surface area contributed by atoms with Crippen LogP contribution in [0.25, 0.3) is 0 Å². The topological polar surface area (TPSA) is 17.1 Å². The van der Waals surface area contributed by atoms with Gasteiger partial charge < -0.3 is 0 Å². The van der Waals surface area contributed by atoms with Crippen LogP contribution >= 0.6 is 11.6 Å². The number of benzene rings is 2. The fourth-order valence-corrected chi connectivity index (χ4v) is 3.22. The first-order chi connectivity index (χ1) is 9.74. The van der Waals surface area contributed by atoms with Crippen molar-refractivity contribution in [3.05, 3.63) is 70.2 Å². The molecular weight excluding hydrogens is 268 g/mol. The molecule has 1 aliphatic carbocycles. The Balaban J connectivity index is 1.86. The smallest absolute Gasteiger partial charge is 0.166 e. The molecule has 0 amide bonds. The van der Waals surface area contributed by atoms with E-state index in [1.165, 1.54) is 5.56 Å². The first-order valence-electron chi connectivity index (χ1n) is 7.10. The molecule has 0 radical (unpaired) electrons. The second-order valence-electron chi connectivity index (χ2n) is 5.44. The maximum Gasteiger partial charge on any atom is 0.166 e. The summed E-state index contributed by atoms with van der Waals surface area (Å²) in [6, 6.07) is 15.9. The van der Waals surface area contributed by atoms with Crippen LogP contribution in [0.2, 0.25) is 5.02 Å². The highest BCUT2D eigenvalue weighted by molar-refractivity contribution is 6.30. The van der Waals surface area contributed by atoms with E-state index >= 15 is 0 Å². The molecule has 0 N–H and O–H groups in total. The highest BCUT2D eigenvalue weighted by atomic mass is 35.5. The van der Waals surface area contributed by atoms with E-state index in [1.54, 1.807) is 0 Å². The molecule has 0 aliphatic heterocycles. The van der Waals surface area contributed by atoms with E-state index in [4.69, 9.17) is 11.6 Å². The number of carbonyl (C=O) groups is 1. The Morgan fingerprint density at radius 1 is 1.10 bits per heavy atom. The van der Waals surface area contributed by atoms with Gasteiger partial charge in [-0.05, 0) is 48.9 Å². The lowest BCUT2D eigenvalue weighted by Gasteiger charge is -2.14. The van der Waals surface area contributed by atoms with Crippen LogP contribution in [0.4, 0.5) is 0 Å². The van der Waals surface area contributed by atoms with Crippen LogP contribution in [0.3, 0.4) is 0 Å². The minimum absolute atomic E-state index is 0.0807. The Hall–Kier alpha value is -1.60. The van der Waals surface area contributed by atoms with Crippen molar-refractivity contribution in [1.29, 1.82) is 0 Å². The standard InChI is InChI=1S/C18H17ClO/c19-16-9-3-5-13(12-16)11-15-8-4-7-14-6-1-2-10-17(14)18(15)20/h1-3,5-6,9-10,12,15H,4,7-8,11H2. The zero-order valence-corrected chi connectivity index (χ0v) is 12.1. The summed E-state index contributed by atoms with van der Waals surface area (Å²) in [7, 11) is 0. The second kappa shape index (κ2) is 5.80. The lowest BCUT2D eigenvalue weighted by Crippen LogP contribution is -2.16. The molecule has 0 heterocycles. The monoisotopic (exact) mass is 284 g/mol. The Labute approximate surface area is 124 Å². The van der Waals surface area contributed by atoms with Gasteiger partial charge in [0.15, 0.2) is 5.78 Å². The molecule has 20 heavy (non-hydrogen) atoms. The van der Waals surface area contributed by atoms with Crippen LogP contribution in [-0.4, -0.2) is 5.78 Å². The number of aryl methyl sites for hydroxylation is 1. The SMILES string of the molecule is O=C1c2ccccc2CCCC1Cc1cccc(Cl)c1. The van der Waals surface area contributed by atoms with Crippen molar-refractivity contribution in [2.24, 2.45) is 5.92 Å². The van der Waals surface area contributed by atoms with E-state index in [-0.39, 0.29) is 11.7 Å². The Bertz CT molecular complexity index is 633. The Kier molecular flexibility index (Phi) is 3.88. The third-order valence-electron chi connectivity index (χ3n) is 4.02. The molecule has 2 heteroatoms. The van der Waals surface area contributed by atoms with Gasteiger partial charge in [0.25, 0.3) is 0 Å². The van der Waals surface area contributed by atoms with Gasteiger partial charge in [0.05, 0.1) is 0 Å². The average molecular weight is 285 g/mol. The summed E-state index contributed by atoms with van der Waals surface area (Å²) < 4.78 is 0. The molecule has 0 spiro atoms. The van der Waals surface area contributed by atoms with Gasteiger partial charge in [-0.1, -0.05) is 48.0 Å². The number of Topliss-reactive ketones (excluding diaryl/α,β-unsaturated/α-hetero) is 1. The fraction of sp³-hybridized carbons (Fsp3) is 0.278. The molecule has 2 aromatic rings. The molecule has 1 nitrogen and oxygen atoms in total. The zero-order chi connectivity index (χ0) is 13.9. The number of ketones is 1. The second-order valence-corrected chi connectivity index (χ2v) is 5.88. The average Bonchev–Trinajstić information content (AvgIpc) is 2.60. The van der Waals surface area contributed by atoms with Crippen molar-refractivity contribution in [3.8, 4) is 0 Å². The largest absolute Gasteiger partial charge is 0.294 e. The molecule has 1 atom stereocenters. The van der Waals surface area contributed by atoms with Crippen molar-refractivity contribution in [1.82, 2.24) is 0 Å². The number of hydrogen-bond donors (Lipinski definition) is 0. The minimum atomic E-state index is 0.0807. The first-order valence-corrected chi connectivity index (χ1v) is 7.48. The first kappa shape index (κ1) is 13.4. The van der Waals surface area contributed by atoms with E-state index in [1.807, 2.05) is 36.4 Å². The molecule has 102 valence electrons. The van der Waals surface area contributed by atoms with Gasteiger partial charge in [-0.2, -0.15) is 0 Å². The number of rotatable bonds is 2. The lowest BCUT2D eigenvalue weighted by molar-refractivity contribution is 0.0915. The highest BCUT2D eigenvalue weighted by Gasteiger charge is 2.25. The molecule has 1 aliphatic rings. The summed E-state index contributed by atoms with van der Waals surface area (Å²) in [5, 5.41) is 0.740. The molecule has 0 saturated carbocycles. The Morgan fingerprint density at radius 3 is 2.80 bits per heavy atom. The van der Waals surface area contributed by atoms with Crippen LogP contribution in [0.5, 0.6) is 0 Å². The molecular formula is C18H17ClO. The Morgan fingerprint density at radius 2 is 1.95 bits per heavy atom. The van der Waals surface area contributed by atoms with Crippen molar-refractivity contribution < 1.29 is 4.79 Å². The molecule has 0 fully saturated rings. The van der Waals surface area contributed by atoms with E-state index < -0.39 is 0 Å². The number of carbonyl (C=O) groups excluding carboxylic acids is 1. The predicted molar refractivity (Wildman–Crippen MR) is 82.4 cm³/mol. The van der Waals surface area contributed by atoms with Gasteiger partial charge in [0, 0.05) is 16.5 Å². The molecule has 3 rings (SSSR count). The van der Waals surface area contributed by atoms with Gasteiger partial charge in [0.2, 0.25) is 0 Å². The summed E-state index contributed by atoms with van der Waals surface area (Å²) in [5.74, 6) is 0.371. The van der Waals surface area contributed by atoms with Crippen LogP contribution in [0, 0.1) is 5.92 Å². The summed E-state index contributed by atoms with van der Waals surface area (Å²) in [6.45, 7) is 0. The quantitative estimate of drug-likeness (QED) is 0.730. The van der Waals surface area contributed by atoms with Gasteiger partial charge in [0.1, 0.15) is 0 Å². The van der Waals surface area contributed by atoms with Crippen molar-refractivity contribution >= 4 is 17.4 Å². The summed E-state index contributed by atoms with van der Waals surface area (Å²) in [5.41, 5.74) is 3.26. The van der Waals surface area contributed by atoms with Crippen molar-refractivity contribution in [3.63, 3.8) is 0 Å². The fourth-order valence-electron chi connectivity index (χ4n) is 3.01. The summed E-state index contributed by atoms with van der Waals surface area (Å²) in [6.07, 6.45) is 3.83. The number of halogens is 1. The normalized spacial score (nSPS) is 18.4. The maximum atomic E-state index is 12.7. The summed E-state index contributed by atoms with van der Waals surface area (Å²) in [4.78, 5) is 12.7. The third-order valence-corrected chi connectivity index (χ3v) is 4.26. The molecule has 0 aromatic heterocycles. The van der Waals surface area contributed by atoms with Crippen LogP contribution in [0.15, 0.2) is 48.5 Å². The van der Waals surface area contributed by atoms with Crippen molar-refractivity contribution in [2.45, 2.75) is 25.7 Å². The number of fused-ring (bicyclic) bond motifs is 1. The zero-order valence-electron chi connectivity index (χ0n) is 11.3. The maximum absolute atomic E-state index is 12.7. The van der Waals surface area contributed by atoms with Gasteiger partial charge >= 0.3 is 0 Å². The molecule has 2 aromatic carbocycles. The van der Waals surface area contributed by atoms with E-state index in [9.17, 15) is 4.79 Å². The van der Waals surface area contributed by atoms with Crippen LogP contribution in [-0.2, 0) is 12.8 Å². The summed E-state index contributed by atoms with van der Waals surface area (Å²) >= 11 is 6.03. The minimum Gasteiger partial charge on any atom is -0.294 e. The lowest BCUT2D eigenvalue weighted by atomic mass is 9.89. The highest BCUT2D eigenvalue weighted by Crippen LogP contribution is 2.27. The van der Waals surface area contributed by atoms with Crippen LogP contribution < -0.4 is 0 Å². The van der Waals surface area contributed by atoms with E-state index in [0.29, 0.717) is 0 Å². The van der Waals surface area contributed by atoms with Gasteiger partial charge in [-0.15, -0.1) is 0 Å². The predicted octanol–water partition coefficient (Wildman–Crippen LogP) is 4.72.